The third-order valence-electron chi connectivity index (χ3n) is 2.88. The molecule has 5 nitrogen and oxygen atoms in total. The van der Waals surface area contributed by atoms with E-state index in [1.807, 2.05) is 13.8 Å². The predicted molar refractivity (Wildman–Crippen MR) is 70.5 cm³/mol. The van der Waals surface area contributed by atoms with Gasteiger partial charge in [-0.2, -0.15) is 0 Å². The molecule has 1 atom stereocenters. The molecule has 1 aromatic rings. The van der Waals surface area contributed by atoms with E-state index in [9.17, 15) is 15.2 Å². The molecule has 0 aliphatic rings. The van der Waals surface area contributed by atoms with E-state index in [1.54, 1.807) is 18.2 Å². The van der Waals surface area contributed by atoms with E-state index in [4.69, 9.17) is 0 Å². The Balaban J connectivity index is 2.42. The Morgan fingerprint density at radius 3 is 2.67 bits per heavy atom. The molecule has 0 spiro atoms. The van der Waals surface area contributed by atoms with Gasteiger partial charge in [-0.3, -0.25) is 10.1 Å². The summed E-state index contributed by atoms with van der Waals surface area (Å²) in [7, 11) is 0. The van der Waals surface area contributed by atoms with Crippen LogP contribution in [-0.4, -0.2) is 29.2 Å². The molecule has 2 N–H and O–H groups in total. The number of nitrogens with one attached hydrogen (secondary N) is 1. The molecular formula is C13H20N2O3. The van der Waals surface area contributed by atoms with Crippen LogP contribution in [0.2, 0.25) is 0 Å². The number of aliphatic hydroxyl groups is 1. The smallest absolute Gasteiger partial charge is 0.272 e. The summed E-state index contributed by atoms with van der Waals surface area (Å²) in [6, 6.07) is 6.74. The molecule has 100 valence electrons. The zero-order chi connectivity index (χ0) is 13.5. The first kappa shape index (κ1) is 14.6. The van der Waals surface area contributed by atoms with Gasteiger partial charge < -0.3 is 10.4 Å². The summed E-state index contributed by atoms with van der Waals surface area (Å²) >= 11 is 0. The summed E-state index contributed by atoms with van der Waals surface area (Å²) in [5.74, 6) is 0.212. The molecule has 0 radical (unpaired) electrons. The van der Waals surface area contributed by atoms with Gasteiger partial charge in [0.1, 0.15) is 0 Å². The number of nitro benzene ring substituents is 1. The van der Waals surface area contributed by atoms with Crippen molar-refractivity contribution < 1.29 is 10.0 Å². The van der Waals surface area contributed by atoms with Crippen molar-refractivity contribution >= 4 is 5.69 Å². The second-order valence-corrected chi connectivity index (χ2v) is 4.65. The highest BCUT2D eigenvalue weighted by Gasteiger charge is 2.12. The van der Waals surface area contributed by atoms with Crippen LogP contribution in [0.4, 0.5) is 5.69 Å². The normalized spacial score (nSPS) is 12.7. The van der Waals surface area contributed by atoms with Crippen LogP contribution in [-0.2, 0) is 6.42 Å². The fourth-order valence-corrected chi connectivity index (χ4v) is 1.61. The van der Waals surface area contributed by atoms with Gasteiger partial charge in [0.15, 0.2) is 0 Å². The number of aliphatic hydroxyl groups excluding tert-OH is 1. The van der Waals surface area contributed by atoms with Crippen molar-refractivity contribution in [2.24, 2.45) is 5.92 Å². The van der Waals surface area contributed by atoms with E-state index in [0.29, 0.717) is 25.1 Å². The Labute approximate surface area is 107 Å². The molecule has 0 fully saturated rings. The molecule has 5 heteroatoms. The summed E-state index contributed by atoms with van der Waals surface area (Å²) in [6.45, 7) is 5.04. The standard InChI is InChI=1S/C13H20N2O3/c1-10(2)13(16)9-14-8-7-11-5-3-4-6-12(11)15(17)18/h3-6,10,13-14,16H,7-9H2,1-2H3. The molecule has 0 saturated carbocycles. The lowest BCUT2D eigenvalue weighted by Crippen LogP contribution is -2.31. The number of rotatable bonds is 7. The van der Waals surface area contributed by atoms with Crippen LogP contribution in [0.1, 0.15) is 19.4 Å². The van der Waals surface area contributed by atoms with Crippen molar-refractivity contribution in [3.05, 3.63) is 39.9 Å². The second-order valence-electron chi connectivity index (χ2n) is 4.65. The Bertz CT molecular complexity index is 394. The van der Waals surface area contributed by atoms with Crippen molar-refractivity contribution in [3.63, 3.8) is 0 Å². The Morgan fingerprint density at radius 2 is 2.06 bits per heavy atom. The van der Waals surface area contributed by atoms with E-state index in [2.05, 4.69) is 5.32 Å². The van der Waals surface area contributed by atoms with Gasteiger partial charge in [0, 0.05) is 18.2 Å². The predicted octanol–water partition coefficient (Wildman–Crippen LogP) is 1.74. The largest absolute Gasteiger partial charge is 0.392 e. The van der Waals surface area contributed by atoms with Crippen LogP contribution in [0.5, 0.6) is 0 Å². The number of hydrogen-bond acceptors (Lipinski definition) is 4. The number of benzene rings is 1. The fraction of sp³-hybridized carbons (Fsp3) is 0.538. The molecule has 0 bridgehead atoms. The number of nitrogens with zero attached hydrogens (tertiary/aromatic N) is 1. The first-order chi connectivity index (χ1) is 8.52. The third kappa shape index (κ3) is 4.43. The van der Waals surface area contributed by atoms with Gasteiger partial charge in [-0.05, 0) is 18.9 Å². The van der Waals surface area contributed by atoms with E-state index in [-0.39, 0.29) is 22.6 Å². The third-order valence-corrected chi connectivity index (χ3v) is 2.88. The van der Waals surface area contributed by atoms with Crippen molar-refractivity contribution in [3.8, 4) is 0 Å². The van der Waals surface area contributed by atoms with Crippen molar-refractivity contribution in [2.75, 3.05) is 13.1 Å². The Kier molecular flexibility index (Phi) is 5.74. The fourth-order valence-electron chi connectivity index (χ4n) is 1.61. The van der Waals surface area contributed by atoms with Crippen LogP contribution in [0.25, 0.3) is 0 Å². The van der Waals surface area contributed by atoms with E-state index in [1.165, 1.54) is 6.07 Å². The SMILES string of the molecule is CC(C)C(O)CNCCc1ccccc1[N+](=O)[O-]. The molecule has 0 saturated heterocycles. The monoisotopic (exact) mass is 252 g/mol. The van der Waals surface area contributed by atoms with E-state index < -0.39 is 0 Å². The molecule has 0 aliphatic carbocycles. The first-order valence-corrected chi connectivity index (χ1v) is 6.13. The number of para-hydroxylation sites is 1. The van der Waals surface area contributed by atoms with Gasteiger partial charge in [0.2, 0.25) is 0 Å². The summed E-state index contributed by atoms with van der Waals surface area (Å²) in [5.41, 5.74) is 0.873. The quantitative estimate of drug-likeness (QED) is 0.440. The van der Waals surface area contributed by atoms with Gasteiger partial charge in [0.25, 0.3) is 5.69 Å². The molecule has 0 heterocycles. The van der Waals surface area contributed by atoms with Crippen LogP contribution in [0, 0.1) is 16.0 Å². The lowest BCUT2D eigenvalue weighted by atomic mass is 10.1. The molecule has 0 aromatic heterocycles. The molecule has 1 aromatic carbocycles. The van der Waals surface area contributed by atoms with Gasteiger partial charge in [-0.1, -0.05) is 32.0 Å². The minimum atomic E-state index is -0.379. The van der Waals surface area contributed by atoms with Crippen LogP contribution in [0.15, 0.2) is 24.3 Å². The first-order valence-electron chi connectivity index (χ1n) is 6.13. The van der Waals surface area contributed by atoms with Gasteiger partial charge >= 0.3 is 0 Å². The summed E-state index contributed by atoms with van der Waals surface area (Å²) in [6.07, 6.45) is 0.206. The minimum absolute atomic E-state index is 0.156. The number of hydrogen-bond donors (Lipinski definition) is 2. The molecule has 1 unspecified atom stereocenters. The van der Waals surface area contributed by atoms with E-state index >= 15 is 0 Å². The number of nitro groups is 1. The van der Waals surface area contributed by atoms with Crippen LogP contribution >= 0.6 is 0 Å². The lowest BCUT2D eigenvalue weighted by Gasteiger charge is -2.14. The highest BCUT2D eigenvalue weighted by molar-refractivity contribution is 5.39. The zero-order valence-corrected chi connectivity index (χ0v) is 10.8. The van der Waals surface area contributed by atoms with Gasteiger partial charge in [0.05, 0.1) is 11.0 Å². The summed E-state index contributed by atoms with van der Waals surface area (Å²) in [5, 5.41) is 23.5. The Hall–Kier alpha value is -1.46. The molecule has 18 heavy (non-hydrogen) atoms. The van der Waals surface area contributed by atoms with Gasteiger partial charge in [-0.25, -0.2) is 0 Å². The van der Waals surface area contributed by atoms with Crippen molar-refractivity contribution in [1.29, 1.82) is 0 Å². The maximum Gasteiger partial charge on any atom is 0.272 e. The Morgan fingerprint density at radius 1 is 1.39 bits per heavy atom. The molecule has 0 aliphatic heterocycles. The maximum atomic E-state index is 10.8. The second kappa shape index (κ2) is 7.08. The summed E-state index contributed by atoms with van der Waals surface area (Å²) < 4.78 is 0. The van der Waals surface area contributed by atoms with Crippen LogP contribution < -0.4 is 5.32 Å². The zero-order valence-electron chi connectivity index (χ0n) is 10.8. The lowest BCUT2D eigenvalue weighted by molar-refractivity contribution is -0.385. The molecule has 0 amide bonds. The topological polar surface area (TPSA) is 75.4 Å². The average Bonchev–Trinajstić information content (AvgIpc) is 2.34. The highest BCUT2D eigenvalue weighted by Crippen LogP contribution is 2.17. The van der Waals surface area contributed by atoms with Crippen molar-refractivity contribution in [1.82, 2.24) is 5.32 Å². The summed E-state index contributed by atoms with van der Waals surface area (Å²) in [4.78, 5) is 10.4. The minimum Gasteiger partial charge on any atom is -0.392 e. The average molecular weight is 252 g/mol. The molecular weight excluding hydrogens is 232 g/mol. The molecule has 1 rings (SSSR count). The van der Waals surface area contributed by atoms with Crippen LogP contribution in [0.3, 0.4) is 0 Å². The van der Waals surface area contributed by atoms with Crippen molar-refractivity contribution in [2.45, 2.75) is 26.4 Å². The highest BCUT2D eigenvalue weighted by atomic mass is 16.6. The van der Waals surface area contributed by atoms with E-state index in [0.717, 1.165) is 0 Å². The maximum absolute atomic E-state index is 10.8. The van der Waals surface area contributed by atoms with Gasteiger partial charge in [-0.15, -0.1) is 0 Å².